The highest BCUT2D eigenvalue weighted by Crippen LogP contribution is 2.33. The monoisotopic (exact) mass is 367 g/mol. The number of nitrogens with one attached hydrogen (secondary N) is 1. The molecule has 27 heavy (non-hydrogen) atoms. The summed E-state index contributed by atoms with van der Waals surface area (Å²) in [5, 5.41) is 2.59. The quantitative estimate of drug-likeness (QED) is 0.878. The predicted molar refractivity (Wildman–Crippen MR) is 105 cm³/mol. The average molecular weight is 367 g/mol. The molecule has 0 aliphatic carbocycles. The molecule has 0 bridgehead atoms. The summed E-state index contributed by atoms with van der Waals surface area (Å²) in [4.78, 5) is 28.7. The van der Waals surface area contributed by atoms with Crippen LogP contribution in [-0.2, 0) is 16.1 Å². The molecule has 1 heterocycles. The highest BCUT2D eigenvalue weighted by molar-refractivity contribution is 5.98. The molecule has 0 fully saturated rings. The smallest absolute Gasteiger partial charge is 0.262 e. The molecular formula is C21H25N3O3. The van der Waals surface area contributed by atoms with Crippen molar-refractivity contribution in [1.29, 1.82) is 0 Å². The Morgan fingerprint density at radius 1 is 1.19 bits per heavy atom. The van der Waals surface area contributed by atoms with Gasteiger partial charge in [-0.25, -0.2) is 0 Å². The number of amides is 2. The summed E-state index contributed by atoms with van der Waals surface area (Å²) in [6.07, 6.45) is -0.712. The lowest BCUT2D eigenvalue weighted by molar-refractivity contribution is -0.128. The van der Waals surface area contributed by atoms with E-state index in [1.165, 1.54) is 11.1 Å². The Morgan fingerprint density at radius 2 is 1.89 bits per heavy atom. The van der Waals surface area contributed by atoms with E-state index >= 15 is 0 Å². The SMILES string of the molecule is CNC(=O)[C@H]1CN(C(=O)CN(C)Cc2ccccc2C)c2ccccc2O1. The van der Waals surface area contributed by atoms with E-state index in [9.17, 15) is 9.59 Å². The fourth-order valence-electron chi connectivity index (χ4n) is 3.22. The van der Waals surface area contributed by atoms with Crippen LogP contribution in [0.5, 0.6) is 5.75 Å². The molecule has 1 atom stereocenters. The van der Waals surface area contributed by atoms with E-state index < -0.39 is 6.10 Å². The van der Waals surface area contributed by atoms with E-state index in [-0.39, 0.29) is 24.9 Å². The fraction of sp³-hybridized carbons (Fsp3) is 0.333. The highest BCUT2D eigenvalue weighted by Gasteiger charge is 2.33. The van der Waals surface area contributed by atoms with Crippen molar-refractivity contribution in [2.45, 2.75) is 19.6 Å². The van der Waals surface area contributed by atoms with Crippen LogP contribution in [0.4, 0.5) is 5.69 Å². The summed E-state index contributed by atoms with van der Waals surface area (Å²) in [5.74, 6) is 0.249. The number of hydrogen-bond donors (Lipinski definition) is 1. The minimum atomic E-state index is -0.712. The molecule has 142 valence electrons. The molecule has 2 aromatic rings. The van der Waals surface area contributed by atoms with Gasteiger partial charge in [0, 0.05) is 13.6 Å². The van der Waals surface area contributed by atoms with Crippen molar-refractivity contribution in [3.05, 3.63) is 59.7 Å². The first kappa shape index (κ1) is 18.9. The molecule has 1 N–H and O–H groups in total. The van der Waals surface area contributed by atoms with Crippen molar-refractivity contribution in [1.82, 2.24) is 10.2 Å². The van der Waals surface area contributed by atoms with Gasteiger partial charge in [0.2, 0.25) is 5.91 Å². The molecular weight excluding hydrogens is 342 g/mol. The number of anilines is 1. The molecule has 0 saturated heterocycles. The lowest BCUT2D eigenvalue weighted by Crippen LogP contribution is -2.51. The van der Waals surface area contributed by atoms with Gasteiger partial charge in [-0.05, 0) is 37.2 Å². The largest absolute Gasteiger partial charge is 0.477 e. The van der Waals surface area contributed by atoms with Crippen LogP contribution in [-0.4, -0.2) is 50.0 Å². The Balaban J connectivity index is 1.74. The number of benzene rings is 2. The summed E-state index contributed by atoms with van der Waals surface area (Å²) in [6.45, 7) is 3.21. The van der Waals surface area contributed by atoms with Gasteiger partial charge in [0.25, 0.3) is 5.91 Å². The highest BCUT2D eigenvalue weighted by atomic mass is 16.5. The third kappa shape index (κ3) is 4.28. The van der Waals surface area contributed by atoms with Crippen molar-refractivity contribution < 1.29 is 14.3 Å². The zero-order valence-corrected chi connectivity index (χ0v) is 15.9. The molecule has 2 aromatic carbocycles. The number of carbonyl (C=O) groups excluding carboxylic acids is 2. The van der Waals surface area contributed by atoms with Gasteiger partial charge in [0.05, 0.1) is 18.8 Å². The third-order valence-corrected chi connectivity index (χ3v) is 4.72. The minimum absolute atomic E-state index is 0.0595. The third-order valence-electron chi connectivity index (χ3n) is 4.72. The van der Waals surface area contributed by atoms with Gasteiger partial charge in [-0.3, -0.25) is 14.5 Å². The van der Waals surface area contributed by atoms with E-state index in [0.717, 1.165) is 0 Å². The van der Waals surface area contributed by atoms with E-state index in [2.05, 4.69) is 24.4 Å². The Bertz CT molecular complexity index is 837. The van der Waals surface area contributed by atoms with Gasteiger partial charge in [-0.1, -0.05) is 36.4 Å². The number of ether oxygens (including phenoxy) is 1. The average Bonchev–Trinajstić information content (AvgIpc) is 2.68. The van der Waals surface area contributed by atoms with Crippen LogP contribution in [0.15, 0.2) is 48.5 Å². The topological polar surface area (TPSA) is 61.9 Å². The van der Waals surface area contributed by atoms with Crippen LogP contribution in [0.3, 0.4) is 0 Å². The Hall–Kier alpha value is -2.86. The van der Waals surface area contributed by atoms with Gasteiger partial charge in [-0.2, -0.15) is 0 Å². The van der Waals surface area contributed by atoms with Crippen LogP contribution in [0, 0.1) is 6.92 Å². The van der Waals surface area contributed by atoms with E-state index in [1.54, 1.807) is 18.0 Å². The fourth-order valence-corrected chi connectivity index (χ4v) is 3.22. The first-order valence-corrected chi connectivity index (χ1v) is 9.00. The van der Waals surface area contributed by atoms with Crippen LogP contribution >= 0.6 is 0 Å². The lowest BCUT2D eigenvalue weighted by Gasteiger charge is -2.34. The maximum atomic E-state index is 13.0. The number of fused-ring (bicyclic) bond motifs is 1. The molecule has 6 heteroatoms. The second-order valence-corrected chi connectivity index (χ2v) is 6.79. The maximum absolute atomic E-state index is 13.0. The predicted octanol–water partition coefficient (Wildman–Crippen LogP) is 1.97. The summed E-state index contributed by atoms with van der Waals surface area (Å²) in [7, 11) is 3.49. The van der Waals surface area contributed by atoms with Gasteiger partial charge in [0.15, 0.2) is 6.10 Å². The molecule has 6 nitrogen and oxygen atoms in total. The molecule has 1 aliphatic heterocycles. The number of para-hydroxylation sites is 2. The molecule has 0 aromatic heterocycles. The number of carbonyl (C=O) groups is 2. The minimum Gasteiger partial charge on any atom is -0.477 e. The number of rotatable bonds is 5. The van der Waals surface area contributed by atoms with Crippen LogP contribution in [0.1, 0.15) is 11.1 Å². The normalized spacial score (nSPS) is 15.9. The molecule has 1 aliphatic rings. The van der Waals surface area contributed by atoms with Crippen molar-refractivity contribution >= 4 is 17.5 Å². The molecule has 0 saturated carbocycles. The zero-order chi connectivity index (χ0) is 19.4. The van der Waals surface area contributed by atoms with Crippen LogP contribution in [0.25, 0.3) is 0 Å². The molecule has 0 spiro atoms. The van der Waals surface area contributed by atoms with Gasteiger partial charge < -0.3 is 15.0 Å². The second kappa shape index (κ2) is 8.22. The van der Waals surface area contributed by atoms with Gasteiger partial charge in [-0.15, -0.1) is 0 Å². The Kier molecular flexibility index (Phi) is 5.76. The van der Waals surface area contributed by atoms with E-state index in [0.29, 0.717) is 18.0 Å². The van der Waals surface area contributed by atoms with Crippen LogP contribution < -0.4 is 15.0 Å². The van der Waals surface area contributed by atoms with Crippen LogP contribution in [0.2, 0.25) is 0 Å². The maximum Gasteiger partial charge on any atom is 0.262 e. The molecule has 3 rings (SSSR count). The standard InChI is InChI=1S/C21H25N3O3/c1-15-8-4-5-9-16(15)12-23(3)14-20(25)24-13-19(21(26)22-2)27-18-11-7-6-10-17(18)24/h4-11,19H,12-14H2,1-3H3,(H,22,26)/t19-/m1/s1. The number of likely N-dealkylation sites (N-methyl/N-ethyl adjacent to an activating group) is 2. The zero-order valence-electron chi connectivity index (χ0n) is 15.9. The van der Waals surface area contributed by atoms with Crippen molar-refractivity contribution in [3.63, 3.8) is 0 Å². The van der Waals surface area contributed by atoms with Crippen molar-refractivity contribution in [2.24, 2.45) is 0 Å². The summed E-state index contributed by atoms with van der Waals surface area (Å²) < 4.78 is 5.76. The Labute approximate surface area is 159 Å². The first-order valence-electron chi connectivity index (χ1n) is 9.00. The first-order chi connectivity index (χ1) is 13.0. The Morgan fingerprint density at radius 3 is 2.63 bits per heavy atom. The molecule has 0 radical (unpaired) electrons. The van der Waals surface area contributed by atoms with Gasteiger partial charge >= 0.3 is 0 Å². The molecule has 0 unspecified atom stereocenters. The van der Waals surface area contributed by atoms with Crippen molar-refractivity contribution in [3.8, 4) is 5.75 Å². The number of nitrogens with zero attached hydrogens (tertiary/aromatic N) is 2. The van der Waals surface area contributed by atoms with Gasteiger partial charge in [0.1, 0.15) is 5.75 Å². The second-order valence-electron chi connectivity index (χ2n) is 6.79. The summed E-state index contributed by atoms with van der Waals surface area (Å²) in [6, 6.07) is 15.5. The number of aryl methyl sites for hydroxylation is 1. The van der Waals surface area contributed by atoms with Crippen molar-refractivity contribution in [2.75, 3.05) is 32.1 Å². The lowest BCUT2D eigenvalue weighted by atomic mass is 10.1. The van der Waals surface area contributed by atoms with E-state index in [4.69, 9.17) is 4.74 Å². The summed E-state index contributed by atoms with van der Waals surface area (Å²) >= 11 is 0. The summed E-state index contributed by atoms with van der Waals surface area (Å²) in [5.41, 5.74) is 3.10. The number of hydrogen-bond acceptors (Lipinski definition) is 4. The van der Waals surface area contributed by atoms with E-state index in [1.807, 2.05) is 42.3 Å². The molecule has 2 amide bonds.